The molecule has 0 saturated carbocycles. The number of hydrogen-bond donors (Lipinski definition) is 0. The van der Waals surface area contributed by atoms with Crippen LogP contribution in [0.4, 0.5) is 5.69 Å². The van der Waals surface area contributed by atoms with Gasteiger partial charge in [-0.15, -0.1) is 0 Å². The van der Waals surface area contributed by atoms with Gasteiger partial charge in [-0.05, 0) is 73.2 Å². The number of amides is 2. The van der Waals surface area contributed by atoms with Crippen molar-refractivity contribution in [1.29, 1.82) is 0 Å². The second-order valence-corrected chi connectivity index (χ2v) is 12.2. The number of hydrogen-bond acceptors (Lipinski definition) is 6. The number of piperazine rings is 1. The first kappa shape index (κ1) is 32.4. The Hall–Kier alpha value is -4.57. The van der Waals surface area contributed by atoms with E-state index in [-0.39, 0.29) is 11.8 Å². The highest BCUT2D eigenvalue weighted by Gasteiger charge is 2.25. The molecule has 2 aromatic heterocycles. The maximum absolute atomic E-state index is 13.6. The van der Waals surface area contributed by atoms with Gasteiger partial charge in [-0.1, -0.05) is 35.3 Å². The Morgan fingerprint density at radius 3 is 2.43 bits per heavy atom. The summed E-state index contributed by atoms with van der Waals surface area (Å²) in [5.41, 5.74) is 3.77. The maximum Gasteiger partial charge on any atom is 0.270 e. The van der Waals surface area contributed by atoms with Gasteiger partial charge in [-0.3, -0.25) is 14.5 Å². The number of nitrogens with zero attached hydrogens (tertiary/aromatic N) is 5. The van der Waals surface area contributed by atoms with Crippen LogP contribution in [-0.2, 0) is 13.6 Å². The monoisotopic (exact) mass is 671 g/mol. The smallest absolute Gasteiger partial charge is 0.270 e. The summed E-state index contributed by atoms with van der Waals surface area (Å²) in [7, 11) is 3.57. The first-order valence-corrected chi connectivity index (χ1v) is 16.2. The summed E-state index contributed by atoms with van der Waals surface area (Å²) in [6.07, 6.45) is 1.57. The van der Waals surface area contributed by atoms with Gasteiger partial charge >= 0.3 is 0 Å². The molecule has 11 heteroatoms. The number of benzene rings is 3. The predicted molar refractivity (Wildman–Crippen MR) is 185 cm³/mol. The number of pyridine rings is 1. The van der Waals surface area contributed by atoms with E-state index in [1.54, 1.807) is 37.5 Å². The molecule has 0 atom stereocenters. The molecule has 1 aliphatic heterocycles. The molecule has 1 aliphatic rings. The lowest BCUT2D eigenvalue weighted by Crippen LogP contribution is -2.48. The first-order chi connectivity index (χ1) is 22.7. The van der Waals surface area contributed by atoms with E-state index in [0.29, 0.717) is 58.3 Å². The average Bonchev–Trinajstić information content (AvgIpc) is 3.41. The number of ether oxygens (including phenoxy) is 2. The quantitative estimate of drug-likeness (QED) is 0.164. The first-order valence-electron chi connectivity index (χ1n) is 15.4. The number of fused-ring (bicyclic) bond motifs is 1. The zero-order valence-electron chi connectivity index (χ0n) is 26.5. The van der Waals surface area contributed by atoms with Crippen LogP contribution in [0.5, 0.6) is 17.4 Å². The fourth-order valence-corrected chi connectivity index (χ4v) is 6.02. The highest BCUT2D eigenvalue weighted by Crippen LogP contribution is 2.29. The van der Waals surface area contributed by atoms with E-state index in [2.05, 4.69) is 22.0 Å². The van der Waals surface area contributed by atoms with Crippen LogP contribution >= 0.6 is 23.2 Å². The van der Waals surface area contributed by atoms with E-state index in [4.69, 9.17) is 32.7 Å². The zero-order valence-corrected chi connectivity index (χ0v) is 28.0. The molecule has 0 N–H and O–H groups in total. The van der Waals surface area contributed by atoms with Crippen LogP contribution in [0.2, 0.25) is 10.0 Å². The number of halogens is 2. The van der Waals surface area contributed by atoms with Gasteiger partial charge in [-0.25, -0.2) is 4.98 Å². The minimum absolute atomic E-state index is 0.0148. The lowest BCUT2D eigenvalue weighted by molar-refractivity contribution is 0.0619. The lowest BCUT2D eigenvalue weighted by Gasteiger charge is -2.34. The molecule has 0 spiro atoms. The van der Waals surface area contributed by atoms with Gasteiger partial charge in [0.1, 0.15) is 17.2 Å². The summed E-state index contributed by atoms with van der Waals surface area (Å²) in [5, 5.41) is 1.59. The summed E-state index contributed by atoms with van der Waals surface area (Å²) in [6.45, 7) is 6.38. The molecule has 3 heterocycles. The molecule has 5 aromatic rings. The van der Waals surface area contributed by atoms with Gasteiger partial charge in [-0.2, -0.15) is 0 Å². The highest BCUT2D eigenvalue weighted by molar-refractivity contribution is 6.42. The zero-order chi connectivity index (χ0) is 33.1. The molecule has 6 rings (SSSR count). The third-order valence-electron chi connectivity index (χ3n) is 8.31. The summed E-state index contributed by atoms with van der Waals surface area (Å²) in [4.78, 5) is 36.7. The molecule has 3 aromatic carbocycles. The van der Waals surface area contributed by atoms with E-state index >= 15 is 0 Å². The highest BCUT2D eigenvalue weighted by atomic mass is 35.5. The van der Waals surface area contributed by atoms with E-state index in [1.807, 2.05) is 59.8 Å². The molecule has 1 saturated heterocycles. The van der Waals surface area contributed by atoms with Crippen molar-refractivity contribution in [2.24, 2.45) is 7.05 Å². The maximum atomic E-state index is 13.6. The second-order valence-electron chi connectivity index (χ2n) is 11.4. The average molecular weight is 673 g/mol. The van der Waals surface area contributed by atoms with Gasteiger partial charge in [0.25, 0.3) is 11.8 Å². The molecule has 47 heavy (non-hydrogen) atoms. The fraction of sp³-hybridized carbons (Fsp3) is 0.250. The van der Waals surface area contributed by atoms with Gasteiger partial charge in [0, 0.05) is 69.4 Å². The predicted octanol–water partition coefficient (Wildman–Crippen LogP) is 7.31. The molecule has 9 nitrogen and oxygen atoms in total. The van der Waals surface area contributed by atoms with Crippen molar-refractivity contribution >= 4 is 51.6 Å². The van der Waals surface area contributed by atoms with Crippen LogP contribution in [0.1, 0.15) is 33.3 Å². The van der Waals surface area contributed by atoms with Gasteiger partial charge in [0.2, 0.25) is 5.88 Å². The Balaban J connectivity index is 1.08. The molecule has 0 aliphatic carbocycles. The minimum atomic E-state index is -0.246. The van der Waals surface area contributed by atoms with Crippen LogP contribution < -0.4 is 14.4 Å². The van der Waals surface area contributed by atoms with Gasteiger partial charge in [0.05, 0.1) is 28.5 Å². The van der Waals surface area contributed by atoms with Crippen LogP contribution in [0.3, 0.4) is 0 Å². The molecule has 0 unspecified atom stereocenters. The number of carbonyl (C=O) groups excluding carboxylic acids is 2. The Bertz CT molecular complexity index is 1920. The molecule has 2 amide bonds. The fourth-order valence-electron chi connectivity index (χ4n) is 5.72. The van der Waals surface area contributed by atoms with Crippen molar-refractivity contribution in [3.8, 4) is 17.4 Å². The number of aromatic nitrogens is 2. The second kappa shape index (κ2) is 14.0. The van der Waals surface area contributed by atoms with Gasteiger partial charge < -0.3 is 23.8 Å². The van der Waals surface area contributed by atoms with Crippen molar-refractivity contribution in [2.45, 2.75) is 13.5 Å². The number of carbonyl (C=O) groups is 2. The SMILES string of the molecule is CCOc1cccc(CN2CCN(C(=O)c3cc4cc(Oc5ccc(N(C)C(=O)c6ccc(Cl)c(Cl)c6)cn5)ccc4n3C)CC2)c1. The Morgan fingerprint density at radius 1 is 0.894 bits per heavy atom. The largest absolute Gasteiger partial charge is 0.494 e. The molecular weight excluding hydrogens is 637 g/mol. The van der Waals surface area contributed by atoms with Crippen molar-refractivity contribution in [3.63, 3.8) is 0 Å². The Kier molecular flexibility index (Phi) is 9.68. The lowest BCUT2D eigenvalue weighted by atomic mass is 10.2. The molecule has 0 radical (unpaired) electrons. The summed E-state index contributed by atoms with van der Waals surface area (Å²) >= 11 is 12.1. The number of anilines is 1. The summed E-state index contributed by atoms with van der Waals surface area (Å²) < 4.78 is 13.6. The van der Waals surface area contributed by atoms with Gasteiger partial charge in [0.15, 0.2) is 0 Å². The van der Waals surface area contributed by atoms with E-state index in [1.165, 1.54) is 16.5 Å². The number of rotatable bonds is 9. The van der Waals surface area contributed by atoms with Crippen LogP contribution in [0, 0.1) is 0 Å². The van der Waals surface area contributed by atoms with Crippen LogP contribution in [-0.4, -0.2) is 71.0 Å². The third-order valence-corrected chi connectivity index (χ3v) is 9.05. The van der Waals surface area contributed by atoms with Crippen molar-refractivity contribution in [1.82, 2.24) is 19.4 Å². The van der Waals surface area contributed by atoms with E-state index < -0.39 is 0 Å². The standard InChI is InChI=1S/C36H35Cl2N5O4/c1-4-46-28-7-5-6-24(18-28)23-42-14-16-43(17-15-42)36(45)33-21-26-19-29(10-12-32(26)41(33)3)47-34-13-9-27(22-39-34)40(2)35(44)25-8-11-30(37)31(38)20-25/h5-13,18-22H,4,14-17,23H2,1-3H3. The minimum Gasteiger partial charge on any atom is -0.494 e. The third kappa shape index (κ3) is 7.22. The van der Waals surface area contributed by atoms with Crippen molar-refractivity contribution in [2.75, 3.05) is 44.7 Å². The Morgan fingerprint density at radius 2 is 1.70 bits per heavy atom. The van der Waals surface area contributed by atoms with Crippen molar-refractivity contribution in [3.05, 3.63) is 112 Å². The normalized spacial score (nSPS) is 13.5. The summed E-state index contributed by atoms with van der Waals surface area (Å²) in [6, 6.07) is 24.0. The van der Waals surface area contributed by atoms with Crippen molar-refractivity contribution < 1.29 is 19.1 Å². The molecule has 0 bridgehead atoms. The van der Waals surface area contributed by atoms with Crippen LogP contribution in [0.15, 0.2) is 85.1 Å². The van der Waals surface area contributed by atoms with Crippen LogP contribution in [0.25, 0.3) is 10.9 Å². The topological polar surface area (TPSA) is 80.1 Å². The Labute approximate surface area is 283 Å². The summed E-state index contributed by atoms with van der Waals surface area (Å²) in [5.74, 6) is 1.61. The molecular formula is C36H35Cl2N5O4. The van der Waals surface area contributed by atoms with E-state index in [9.17, 15) is 9.59 Å². The number of aryl methyl sites for hydroxylation is 1. The molecule has 1 fully saturated rings. The van der Waals surface area contributed by atoms with E-state index in [0.717, 1.165) is 36.3 Å². The molecule has 242 valence electrons.